The third kappa shape index (κ3) is 5.74. The standard InChI is InChI=1S/C28H27ClN8O3S2/c29-19-6-8-22(9-7-19)42(39,40)36-12-2-5-21(17-36)33-27-31-11-10-23(34-27)26-25(35-28-37(26)13-14-41-28)18-3-1-4-20(15-18)32-24(38)16-30/h1,3-4,6-11,13-15,21H,2,5,12,16-17,30H2,(H,32,38)(H,31,33,34)/t21-/m1/s1. The van der Waals surface area contributed by atoms with Gasteiger partial charge < -0.3 is 16.4 Å². The number of carbonyl (C=O) groups excluding carboxylic acids is 1. The van der Waals surface area contributed by atoms with Crippen LogP contribution in [0.4, 0.5) is 11.6 Å². The number of imidazole rings is 1. The lowest BCUT2D eigenvalue weighted by Crippen LogP contribution is -2.45. The number of thiazole rings is 1. The van der Waals surface area contributed by atoms with Crippen LogP contribution in [-0.2, 0) is 14.8 Å². The number of piperidine rings is 1. The smallest absolute Gasteiger partial charge is 0.243 e. The fraction of sp³-hybridized carbons (Fsp3) is 0.214. The number of aromatic nitrogens is 4. The van der Waals surface area contributed by atoms with Crippen LogP contribution in [0.25, 0.3) is 27.6 Å². The van der Waals surface area contributed by atoms with Crippen molar-refractivity contribution in [1.82, 2.24) is 23.7 Å². The molecule has 11 nitrogen and oxygen atoms in total. The zero-order valence-electron chi connectivity index (χ0n) is 22.3. The van der Waals surface area contributed by atoms with Crippen molar-refractivity contribution < 1.29 is 13.2 Å². The summed E-state index contributed by atoms with van der Waals surface area (Å²) in [7, 11) is -3.66. The van der Waals surface area contributed by atoms with E-state index in [0.717, 1.165) is 22.6 Å². The van der Waals surface area contributed by atoms with Gasteiger partial charge in [-0.15, -0.1) is 11.3 Å². The first kappa shape index (κ1) is 28.2. The van der Waals surface area contributed by atoms with Gasteiger partial charge in [-0.2, -0.15) is 4.31 Å². The number of sulfonamides is 1. The molecule has 4 N–H and O–H groups in total. The molecule has 0 radical (unpaired) electrons. The number of hydrogen-bond donors (Lipinski definition) is 3. The Hall–Kier alpha value is -3.88. The molecule has 14 heteroatoms. The summed E-state index contributed by atoms with van der Waals surface area (Å²) >= 11 is 7.46. The number of benzene rings is 2. The third-order valence-electron chi connectivity index (χ3n) is 6.93. The van der Waals surface area contributed by atoms with Crippen molar-refractivity contribution in [3.05, 3.63) is 77.4 Å². The zero-order chi connectivity index (χ0) is 29.3. The van der Waals surface area contributed by atoms with E-state index in [-0.39, 0.29) is 29.9 Å². The van der Waals surface area contributed by atoms with Gasteiger partial charge in [0.25, 0.3) is 0 Å². The molecule has 1 aliphatic heterocycles. The predicted octanol–water partition coefficient (Wildman–Crippen LogP) is 4.34. The molecule has 4 heterocycles. The van der Waals surface area contributed by atoms with E-state index in [1.54, 1.807) is 24.4 Å². The number of halogens is 1. The maximum atomic E-state index is 13.3. The largest absolute Gasteiger partial charge is 0.350 e. The van der Waals surface area contributed by atoms with Crippen LogP contribution in [0.5, 0.6) is 0 Å². The Morgan fingerprint density at radius 1 is 1.14 bits per heavy atom. The average Bonchev–Trinajstić information content (AvgIpc) is 3.60. The minimum Gasteiger partial charge on any atom is -0.350 e. The summed E-state index contributed by atoms with van der Waals surface area (Å²) in [6.07, 6.45) is 5.07. The average molecular weight is 623 g/mol. The Kier molecular flexibility index (Phi) is 7.92. The van der Waals surface area contributed by atoms with Crippen LogP contribution in [0.15, 0.2) is 77.3 Å². The van der Waals surface area contributed by atoms with E-state index in [1.165, 1.54) is 27.8 Å². The molecule has 0 saturated carbocycles. The Bertz CT molecular complexity index is 1860. The maximum Gasteiger partial charge on any atom is 0.243 e. The normalized spacial score (nSPS) is 16.0. The van der Waals surface area contributed by atoms with Gasteiger partial charge >= 0.3 is 0 Å². The second-order valence-electron chi connectivity index (χ2n) is 9.76. The van der Waals surface area contributed by atoms with E-state index in [1.807, 2.05) is 40.2 Å². The molecule has 0 spiro atoms. The number of carbonyl (C=O) groups is 1. The summed E-state index contributed by atoms with van der Waals surface area (Å²) in [6.45, 7) is 0.606. The number of fused-ring (bicyclic) bond motifs is 1. The van der Waals surface area contributed by atoms with E-state index in [9.17, 15) is 13.2 Å². The number of hydrogen-bond acceptors (Lipinski definition) is 9. The van der Waals surface area contributed by atoms with E-state index in [2.05, 4.69) is 15.6 Å². The zero-order valence-corrected chi connectivity index (χ0v) is 24.7. The first-order valence-corrected chi connectivity index (χ1v) is 15.9. The fourth-order valence-corrected chi connectivity index (χ4v) is 7.33. The molecule has 42 heavy (non-hydrogen) atoms. The highest BCUT2D eigenvalue weighted by Crippen LogP contribution is 2.35. The Morgan fingerprint density at radius 2 is 1.98 bits per heavy atom. The molecule has 0 unspecified atom stereocenters. The monoisotopic (exact) mass is 622 g/mol. The Morgan fingerprint density at radius 3 is 2.79 bits per heavy atom. The quantitative estimate of drug-likeness (QED) is 0.232. The molecular formula is C28H27ClN8O3S2. The van der Waals surface area contributed by atoms with Crippen molar-refractivity contribution in [2.75, 3.05) is 30.3 Å². The molecule has 0 aliphatic carbocycles. The minimum absolute atomic E-state index is 0.113. The van der Waals surface area contributed by atoms with Crippen molar-refractivity contribution in [2.45, 2.75) is 23.8 Å². The van der Waals surface area contributed by atoms with Gasteiger partial charge in [0.05, 0.1) is 22.8 Å². The summed E-state index contributed by atoms with van der Waals surface area (Å²) in [5.74, 6) is 0.107. The summed E-state index contributed by atoms with van der Waals surface area (Å²) in [4.78, 5) is 27.0. The van der Waals surface area contributed by atoms with Gasteiger partial charge in [0.2, 0.25) is 21.9 Å². The molecule has 3 aromatic heterocycles. The Labute approximate surface area is 251 Å². The molecule has 0 bridgehead atoms. The second kappa shape index (κ2) is 11.8. The van der Waals surface area contributed by atoms with Gasteiger partial charge in [0, 0.05) is 53.2 Å². The van der Waals surface area contributed by atoms with E-state index < -0.39 is 10.0 Å². The number of nitrogens with two attached hydrogens (primary N) is 1. The number of nitrogens with one attached hydrogen (secondary N) is 2. The van der Waals surface area contributed by atoms with Crippen molar-refractivity contribution in [1.29, 1.82) is 0 Å². The van der Waals surface area contributed by atoms with Crippen molar-refractivity contribution in [3.8, 4) is 22.6 Å². The predicted molar refractivity (Wildman–Crippen MR) is 164 cm³/mol. The van der Waals surface area contributed by atoms with Gasteiger partial charge in [-0.25, -0.2) is 23.4 Å². The summed E-state index contributed by atoms with van der Waals surface area (Å²) in [5, 5.41) is 8.57. The maximum absolute atomic E-state index is 13.3. The lowest BCUT2D eigenvalue weighted by Gasteiger charge is -2.32. The molecule has 6 rings (SSSR count). The number of nitrogens with zero attached hydrogens (tertiary/aromatic N) is 5. The molecule has 1 amide bonds. The van der Waals surface area contributed by atoms with Gasteiger partial charge in [-0.3, -0.25) is 9.20 Å². The fourth-order valence-electron chi connectivity index (χ4n) is 4.96. The third-order valence-corrected chi connectivity index (χ3v) is 9.82. The van der Waals surface area contributed by atoms with Crippen LogP contribution in [0, 0.1) is 0 Å². The molecule has 1 fully saturated rings. The SMILES string of the molecule is NCC(=O)Nc1cccc(-c2nc3sccn3c2-c2ccnc(N[C@@H]3CCCN(S(=O)(=O)c4ccc(Cl)cc4)C3)n2)c1. The number of rotatable bonds is 8. The van der Waals surface area contributed by atoms with Crippen LogP contribution in [0.2, 0.25) is 5.02 Å². The number of amides is 1. The molecule has 1 aliphatic rings. The van der Waals surface area contributed by atoms with Crippen LogP contribution in [0.1, 0.15) is 12.8 Å². The molecule has 5 aromatic rings. The van der Waals surface area contributed by atoms with Gasteiger partial charge in [0.1, 0.15) is 5.69 Å². The lowest BCUT2D eigenvalue weighted by molar-refractivity contribution is -0.114. The lowest BCUT2D eigenvalue weighted by atomic mass is 10.1. The van der Waals surface area contributed by atoms with Crippen LogP contribution >= 0.6 is 22.9 Å². The summed E-state index contributed by atoms with van der Waals surface area (Å²) in [5.41, 5.74) is 9.01. The molecule has 1 saturated heterocycles. The summed E-state index contributed by atoms with van der Waals surface area (Å²) in [6, 6.07) is 15.3. The van der Waals surface area contributed by atoms with Crippen molar-refractivity contribution >= 4 is 55.5 Å². The van der Waals surface area contributed by atoms with E-state index >= 15 is 0 Å². The van der Waals surface area contributed by atoms with E-state index in [0.29, 0.717) is 41.0 Å². The second-order valence-corrected chi connectivity index (χ2v) is 13.0. The highest BCUT2D eigenvalue weighted by atomic mass is 35.5. The highest BCUT2D eigenvalue weighted by molar-refractivity contribution is 7.89. The van der Waals surface area contributed by atoms with Crippen molar-refractivity contribution in [3.63, 3.8) is 0 Å². The topological polar surface area (TPSA) is 148 Å². The molecule has 2 aromatic carbocycles. The van der Waals surface area contributed by atoms with Crippen LogP contribution in [-0.4, -0.2) is 63.7 Å². The number of anilines is 2. The van der Waals surface area contributed by atoms with Crippen LogP contribution in [0.3, 0.4) is 0 Å². The summed E-state index contributed by atoms with van der Waals surface area (Å²) < 4.78 is 30.0. The van der Waals surface area contributed by atoms with E-state index in [4.69, 9.17) is 27.3 Å². The Balaban J connectivity index is 1.27. The van der Waals surface area contributed by atoms with Crippen LogP contribution < -0.4 is 16.4 Å². The van der Waals surface area contributed by atoms with Gasteiger partial charge in [-0.05, 0) is 55.3 Å². The first-order chi connectivity index (χ1) is 20.3. The highest BCUT2D eigenvalue weighted by Gasteiger charge is 2.31. The molecular weight excluding hydrogens is 596 g/mol. The van der Waals surface area contributed by atoms with Gasteiger partial charge in [0.15, 0.2) is 4.96 Å². The first-order valence-electron chi connectivity index (χ1n) is 13.2. The minimum atomic E-state index is -3.66. The van der Waals surface area contributed by atoms with Crippen molar-refractivity contribution in [2.24, 2.45) is 5.73 Å². The molecule has 216 valence electrons. The van der Waals surface area contributed by atoms with Gasteiger partial charge in [-0.1, -0.05) is 23.7 Å². The molecule has 1 atom stereocenters.